The number of nitrogens with zero attached hydrogens (tertiary/aromatic N) is 1. The van der Waals surface area contributed by atoms with E-state index in [9.17, 15) is 21.6 Å². The van der Waals surface area contributed by atoms with Crippen LogP contribution in [0.25, 0.3) is 0 Å². The molecule has 0 amide bonds. The Labute approximate surface area is 103 Å². The maximum atomic E-state index is 12.6. The number of anilines is 1. The topological polar surface area (TPSA) is 59.1 Å². The van der Waals surface area contributed by atoms with Crippen molar-refractivity contribution in [1.82, 2.24) is 4.98 Å². The molecule has 0 aliphatic heterocycles. The highest BCUT2D eigenvalue weighted by atomic mass is 32.2. The predicted molar refractivity (Wildman–Crippen MR) is 62.1 cm³/mol. The molecule has 1 rings (SSSR count). The molecule has 0 radical (unpaired) electrons. The van der Waals surface area contributed by atoms with Crippen LogP contribution < -0.4 is 5.32 Å². The van der Waals surface area contributed by atoms with E-state index < -0.39 is 21.6 Å². The van der Waals surface area contributed by atoms with Crippen molar-refractivity contribution in [1.29, 1.82) is 0 Å². The molecule has 0 aliphatic rings. The molecule has 0 spiro atoms. The minimum absolute atomic E-state index is 0.0387. The molecule has 0 unspecified atom stereocenters. The fourth-order valence-electron chi connectivity index (χ4n) is 1.24. The molecule has 0 saturated carbocycles. The lowest BCUT2D eigenvalue weighted by Crippen LogP contribution is -2.19. The van der Waals surface area contributed by atoms with Gasteiger partial charge in [-0.05, 0) is 12.1 Å². The van der Waals surface area contributed by atoms with Gasteiger partial charge >= 0.3 is 6.18 Å². The smallest absolute Gasteiger partial charge is 0.369 e. The average molecular weight is 282 g/mol. The molecule has 0 aliphatic carbocycles. The summed E-state index contributed by atoms with van der Waals surface area (Å²) in [6.07, 6.45) is -3.30. The van der Waals surface area contributed by atoms with Crippen molar-refractivity contribution < 1.29 is 21.6 Å². The second kappa shape index (κ2) is 5.55. The summed E-state index contributed by atoms with van der Waals surface area (Å²) in [5.74, 6) is -0.614. The highest BCUT2D eigenvalue weighted by Gasteiger charge is 2.33. The van der Waals surface area contributed by atoms with Crippen LogP contribution in [-0.2, 0) is 16.0 Å². The normalized spacial score (nSPS) is 12.4. The summed E-state index contributed by atoms with van der Waals surface area (Å²) < 4.78 is 60.1. The van der Waals surface area contributed by atoms with E-state index in [-0.39, 0.29) is 23.9 Å². The van der Waals surface area contributed by atoms with Gasteiger partial charge in [-0.3, -0.25) is 0 Å². The number of sulfone groups is 1. The Hall–Kier alpha value is -1.31. The van der Waals surface area contributed by atoms with Crippen LogP contribution in [0.2, 0.25) is 0 Å². The minimum atomic E-state index is -4.51. The molecule has 8 heteroatoms. The van der Waals surface area contributed by atoms with E-state index >= 15 is 0 Å². The number of halogens is 3. The Morgan fingerprint density at radius 1 is 1.39 bits per heavy atom. The van der Waals surface area contributed by atoms with Gasteiger partial charge in [-0.1, -0.05) is 6.92 Å². The van der Waals surface area contributed by atoms with Crippen LogP contribution in [0.4, 0.5) is 19.0 Å². The summed E-state index contributed by atoms with van der Waals surface area (Å²) in [6, 6.07) is 2.07. The van der Waals surface area contributed by atoms with E-state index in [1.54, 1.807) is 0 Å². The lowest BCUT2D eigenvalue weighted by molar-refractivity contribution is -0.137. The van der Waals surface area contributed by atoms with Crippen LogP contribution in [0.3, 0.4) is 0 Å². The van der Waals surface area contributed by atoms with E-state index in [0.717, 1.165) is 6.07 Å². The number of alkyl halides is 3. The van der Waals surface area contributed by atoms with E-state index in [0.29, 0.717) is 0 Å². The van der Waals surface area contributed by atoms with Gasteiger partial charge in [0.25, 0.3) is 0 Å². The molecule has 102 valence electrons. The highest BCUT2D eigenvalue weighted by molar-refractivity contribution is 7.91. The zero-order valence-corrected chi connectivity index (χ0v) is 10.5. The lowest BCUT2D eigenvalue weighted by Gasteiger charge is -2.12. The van der Waals surface area contributed by atoms with E-state index in [4.69, 9.17) is 0 Å². The molecule has 0 aromatic carbocycles. The lowest BCUT2D eigenvalue weighted by atomic mass is 10.2. The second-order valence-electron chi connectivity index (χ2n) is 3.56. The number of hydrogen-bond donors (Lipinski definition) is 1. The SMILES string of the molecule is CCS(=O)(=O)CCNc1ncccc1C(F)(F)F. The predicted octanol–water partition coefficient (Wildman–Crippen LogP) is 1.95. The summed E-state index contributed by atoms with van der Waals surface area (Å²) in [5.41, 5.74) is -0.904. The van der Waals surface area contributed by atoms with Crippen molar-refractivity contribution in [2.24, 2.45) is 0 Å². The first-order chi connectivity index (χ1) is 8.26. The monoisotopic (exact) mass is 282 g/mol. The summed E-state index contributed by atoms with van der Waals surface area (Å²) in [7, 11) is -3.21. The molecule has 0 atom stereocenters. The van der Waals surface area contributed by atoms with Gasteiger partial charge in [-0.25, -0.2) is 13.4 Å². The van der Waals surface area contributed by atoms with Crippen molar-refractivity contribution in [3.8, 4) is 0 Å². The Bertz CT molecular complexity index is 500. The van der Waals surface area contributed by atoms with Gasteiger partial charge in [0.05, 0.1) is 11.3 Å². The zero-order valence-electron chi connectivity index (χ0n) is 9.66. The fourth-order valence-corrected chi connectivity index (χ4v) is 1.95. The fraction of sp³-hybridized carbons (Fsp3) is 0.500. The van der Waals surface area contributed by atoms with Crippen LogP contribution >= 0.6 is 0 Å². The zero-order chi connectivity index (χ0) is 13.8. The number of rotatable bonds is 5. The van der Waals surface area contributed by atoms with Gasteiger partial charge in [0.1, 0.15) is 5.82 Å². The van der Waals surface area contributed by atoms with Crippen molar-refractivity contribution >= 4 is 15.7 Å². The third-order valence-electron chi connectivity index (χ3n) is 2.26. The molecule has 1 aromatic rings. The molecular weight excluding hydrogens is 269 g/mol. The maximum Gasteiger partial charge on any atom is 0.419 e. The number of aromatic nitrogens is 1. The highest BCUT2D eigenvalue weighted by Crippen LogP contribution is 2.33. The number of nitrogens with one attached hydrogen (secondary N) is 1. The molecule has 0 fully saturated rings. The molecule has 1 aromatic heterocycles. The first-order valence-corrected chi connectivity index (χ1v) is 7.05. The third kappa shape index (κ3) is 4.17. The van der Waals surface area contributed by atoms with Crippen molar-refractivity contribution in [2.75, 3.05) is 23.4 Å². The molecule has 0 bridgehead atoms. The average Bonchev–Trinajstić information content (AvgIpc) is 2.28. The van der Waals surface area contributed by atoms with Crippen molar-refractivity contribution in [3.05, 3.63) is 23.9 Å². The van der Waals surface area contributed by atoms with E-state index in [1.807, 2.05) is 0 Å². The van der Waals surface area contributed by atoms with Crippen molar-refractivity contribution in [2.45, 2.75) is 13.1 Å². The first kappa shape index (κ1) is 14.7. The molecule has 1 heterocycles. The minimum Gasteiger partial charge on any atom is -0.369 e. The summed E-state index contributed by atoms with van der Waals surface area (Å²) in [5, 5.41) is 2.40. The maximum absolute atomic E-state index is 12.6. The van der Waals surface area contributed by atoms with Gasteiger partial charge in [-0.15, -0.1) is 0 Å². The quantitative estimate of drug-likeness (QED) is 0.896. The molecule has 18 heavy (non-hydrogen) atoms. The number of pyridine rings is 1. The summed E-state index contributed by atoms with van der Waals surface area (Å²) in [4.78, 5) is 3.56. The molecule has 0 saturated heterocycles. The first-order valence-electron chi connectivity index (χ1n) is 5.23. The third-order valence-corrected chi connectivity index (χ3v) is 3.96. The van der Waals surface area contributed by atoms with Crippen LogP contribution in [0.1, 0.15) is 12.5 Å². The van der Waals surface area contributed by atoms with Gasteiger partial charge < -0.3 is 5.32 Å². The molecule has 1 N–H and O–H groups in total. The number of hydrogen-bond acceptors (Lipinski definition) is 4. The van der Waals surface area contributed by atoms with Gasteiger partial charge in [-0.2, -0.15) is 13.2 Å². The van der Waals surface area contributed by atoms with Crippen molar-refractivity contribution in [3.63, 3.8) is 0 Å². The van der Waals surface area contributed by atoms with E-state index in [1.165, 1.54) is 19.2 Å². The van der Waals surface area contributed by atoms with Gasteiger partial charge in [0, 0.05) is 18.5 Å². The Morgan fingerprint density at radius 3 is 2.61 bits per heavy atom. The van der Waals surface area contributed by atoms with E-state index in [2.05, 4.69) is 10.3 Å². The van der Waals surface area contributed by atoms with Crippen LogP contribution in [-0.4, -0.2) is 31.5 Å². The Balaban J connectivity index is 2.75. The molecular formula is C10H13F3N2O2S. The van der Waals surface area contributed by atoms with Crippen LogP contribution in [0.15, 0.2) is 18.3 Å². The summed E-state index contributed by atoms with van der Waals surface area (Å²) >= 11 is 0. The Kier molecular flexibility index (Phi) is 4.55. The van der Waals surface area contributed by atoms with Gasteiger partial charge in [0.2, 0.25) is 0 Å². The largest absolute Gasteiger partial charge is 0.419 e. The van der Waals surface area contributed by atoms with Crippen LogP contribution in [0, 0.1) is 0 Å². The summed E-state index contributed by atoms with van der Waals surface area (Å²) in [6.45, 7) is 1.38. The second-order valence-corrected chi connectivity index (χ2v) is 6.03. The standard InChI is InChI=1S/C10H13F3N2O2S/c1-2-18(16,17)7-6-15-9-8(10(11,12)13)4-3-5-14-9/h3-5H,2,6-7H2,1H3,(H,14,15). The Morgan fingerprint density at radius 2 is 2.06 bits per heavy atom. The van der Waals surface area contributed by atoms with Gasteiger partial charge in [0.15, 0.2) is 9.84 Å². The molecule has 4 nitrogen and oxygen atoms in total. The van der Waals surface area contributed by atoms with Crippen LogP contribution in [0.5, 0.6) is 0 Å².